The first-order valence-electron chi connectivity index (χ1n) is 7.36. The van der Waals surface area contributed by atoms with E-state index in [1.807, 2.05) is 13.8 Å². The first kappa shape index (κ1) is 17.6. The fourth-order valence-electron chi connectivity index (χ4n) is 2.38. The predicted octanol–water partition coefficient (Wildman–Crippen LogP) is 1.43. The standard InChI is InChI=1S/C14H24N2O5/c1-4-10(5-2)21-12-8-9(14(17)20-6-3)7-11(13(12)15)16(18)19/h8,10-13H,4-7,15H2,1-3H3/t11-,12-,13-/m1/s1. The van der Waals surface area contributed by atoms with Crippen molar-refractivity contribution < 1.29 is 19.2 Å². The van der Waals surface area contributed by atoms with Crippen molar-refractivity contribution in [3.05, 3.63) is 21.8 Å². The number of carbonyl (C=O) groups excluding carboxylic acids is 1. The van der Waals surface area contributed by atoms with E-state index >= 15 is 0 Å². The van der Waals surface area contributed by atoms with Crippen LogP contribution in [0.3, 0.4) is 0 Å². The van der Waals surface area contributed by atoms with Crippen LogP contribution in [0.15, 0.2) is 11.6 Å². The lowest BCUT2D eigenvalue weighted by Crippen LogP contribution is -2.52. The smallest absolute Gasteiger partial charge is 0.334 e. The van der Waals surface area contributed by atoms with E-state index in [-0.39, 0.29) is 24.7 Å². The van der Waals surface area contributed by atoms with Crippen LogP contribution in [0.5, 0.6) is 0 Å². The van der Waals surface area contributed by atoms with Gasteiger partial charge in [0.25, 0.3) is 0 Å². The molecule has 0 aliphatic heterocycles. The van der Waals surface area contributed by atoms with Crippen LogP contribution in [-0.4, -0.2) is 41.8 Å². The Kier molecular flexibility index (Phi) is 6.77. The minimum absolute atomic E-state index is 0.0181. The monoisotopic (exact) mass is 300 g/mol. The van der Waals surface area contributed by atoms with E-state index in [0.717, 1.165) is 12.8 Å². The molecule has 1 aliphatic carbocycles. The van der Waals surface area contributed by atoms with Crippen LogP contribution in [0.4, 0.5) is 0 Å². The van der Waals surface area contributed by atoms with Gasteiger partial charge in [-0.05, 0) is 25.8 Å². The van der Waals surface area contributed by atoms with E-state index in [0.29, 0.717) is 0 Å². The summed E-state index contributed by atoms with van der Waals surface area (Å²) in [5.74, 6) is -0.533. The summed E-state index contributed by atoms with van der Waals surface area (Å²) in [6.45, 7) is 5.87. The van der Waals surface area contributed by atoms with Gasteiger partial charge in [0.05, 0.1) is 18.8 Å². The normalized spacial score (nSPS) is 25.6. The van der Waals surface area contributed by atoms with Crippen molar-refractivity contribution in [3.63, 3.8) is 0 Å². The van der Waals surface area contributed by atoms with Crippen molar-refractivity contribution in [2.24, 2.45) is 5.73 Å². The molecule has 120 valence electrons. The van der Waals surface area contributed by atoms with Gasteiger partial charge in [-0.1, -0.05) is 13.8 Å². The van der Waals surface area contributed by atoms with Crippen molar-refractivity contribution in [2.45, 2.75) is 64.3 Å². The van der Waals surface area contributed by atoms with Crippen LogP contribution >= 0.6 is 0 Å². The predicted molar refractivity (Wildman–Crippen MR) is 77.3 cm³/mol. The van der Waals surface area contributed by atoms with Crippen molar-refractivity contribution >= 4 is 5.97 Å². The zero-order chi connectivity index (χ0) is 16.0. The summed E-state index contributed by atoms with van der Waals surface area (Å²) in [5, 5.41) is 11.2. The summed E-state index contributed by atoms with van der Waals surface area (Å²) < 4.78 is 10.8. The molecular formula is C14H24N2O5. The molecule has 0 aromatic carbocycles. The average molecular weight is 300 g/mol. The molecule has 0 heterocycles. The zero-order valence-corrected chi connectivity index (χ0v) is 12.8. The largest absolute Gasteiger partial charge is 0.463 e. The molecule has 21 heavy (non-hydrogen) atoms. The van der Waals surface area contributed by atoms with Gasteiger partial charge in [-0.3, -0.25) is 10.1 Å². The lowest BCUT2D eigenvalue weighted by atomic mass is 9.88. The van der Waals surface area contributed by atoms with E-state index in [2.05, 4.69) is 0 Å². The number of rotatable bonds is 7. The second kappa shape index (κ2) is 8.09. The highest BCUT2D eigenvalue weighted by Gasteiger charge is 2.41. The molecule has 3 atom stereocenters. The molecule has 0 fully saturated rings. The summed E-state index contributed by atoms with van der Waals surface area (Å²) >= 11 is 0. The van der Waals surface area contributed by atoms with Crippen LogP contribution in [0, 0.1) is 10.1 Å². The molecule has 2 N–H and O–H groups in total. The molecule has 1 aliphatic rings. The molecule has 7 heteroatoms. The first-order valence-corrected chi connectivity index (χ1v) is 7.36. The number of nitrogens with zero attached hydrogens (tertiary/aromatic N) is 1. The van der Waals surface area contributed by atoms with E-state index in [4.69, 9.17) is 15.2 Å². The molecule has 0 spiro atoms. The van der Waals surface area contributed by atoms with Gasteiger partial charge < -0.3 is 15.2 Å². The molecule has 7 nitrogen and oxygen atoms in total. The second-order valence-corrected chi connectivity index (χ2v) is 5.09. The highest BCUT2D eigenvalue weighted by molar-refractivity contribution is 5.88. The van der Waals surface area contributed by atoms with Crippen LogP contribution in [0.25, 0.3) is 0 Å². The Labute approximate surface area is 124 Å². The molecular weight excluding hydrogens is 276 g/mol. The van der Waals surface area contributed by atoms with E-state index < -0.39 is 29.1 Å². The van der Waals surface area contributed by atoms with E-state index in [1.54, 1.807) is 13.0 Å². The molecule has 0 bridgehead atoms. The Morgan fingerprint density at radius 2 is 2.10 bits per heavy atom. The van der Waals surface area contributed by atoms with Crippen molar-refractivity contribution in [3.8, 4) is 0 Å². The maximum atomic E-state index is 11.8. The highest BCUT2D eigenvalue weighted by atomic mass is 16.6. The van der Waals surface area contributed by atoms with E-state index in [9.17, 15) is 14.9 Å². The molecule has 0 amide bonds. The van der Waals surface area contributed by atoms with Gasteiger partial charge >= 0.3 is 5.97 Å². The lowest BCUT2D eigenvalue weighted by molar-refractivity contribution is -0.527. The molecule has 0 aromatic heterocycles. The number of ether oxygens (including phenoxy) is 2. The average Bonchev–Trinajstić information content (AvgIpc) is 2.46. The Bertz CT molecular complexity index is 406. The van der Waals surface area contributed by atoms with Gasteiger partial charge in [0.15, 0.2) is 0 Å². The molecule has 0 saturated carbocycles. The minimum atomic E-state index is -1.03. The van der Waals surface area contributed by atoms with Crippen LogP contribution in [-0.2, 0) is 14.3 Å². The third-order valence-corrected chi connectivity index (χ3v) is 3.69. The Morgan fingerprint density at radius 1 is 1.48 bits per heavy atom. The van der Waals surface area contributed by atoms with Gasteiger partial charge in [0.2, 0.25) is 6.04 Å². The van der Waals surface area contributed by atoms with Crippen LogP contribution in [0.1, 0.15) is 40.0 Å². The third kappa shape index (κ3) is 4.50. The summed E-state index contributed by atoms with van der Waals surface area (Å²) in [6.07, 6.45) is 2.46. The summed E-state index contributed by atoms with van der Waals surface area (Å²) in [7, 11) is 0. The summed E-state index contributed by atoms with van der Waals surface area (Å²) in [6, 6.07) is -1.80. The molecule has 0 aromatic rings. The maximum absolute atomic E-state index is 11.8. The quantitative estimate of drug-likeness (QED) is 0.433. The lowest BCUT2D eigenvalue weighted by Gasteiger charge is -2.31. The number of nitro groups is 1. The third-order valence-electron chi connectivity index (χ3n) is 3.69. The molecule has 0 saturated heterocycles. The number of esters is 1. The zero-order valence-electron chi connectivity index (χ0n) is 12.8. The van der Waals surface area contributed by atoms with Crippen LogP contribution in [0.2, 0.25) is 0 Å². The van der Waals surface area contributed by atoms with Gasteiger partial charge in [-0.15, -0.1) is 0 Å². The highest BCUT2D eigenvalue weighted by Crippen LogP contribution is 2.25. The number of hydrogen-bond acceptors (Lipinski definition) is 6. The number of carbonyl (C=O) groups is 1. The number of nitrogens with two attached hydrogens (primary N) is 1. The fraction of sp³-hybridized carbons (Fsp3) is 0.786. The molecule has 0 unspecified atom stereocenters. The van der Waals surface area contributed by atoms with Crippen molar-refractivity contribution in [1.82, 2.24) is 0 Å². The Hall–Kier alpha value is -1.47. The second-order valence-electron chi connectivity index (χ2n) is 5.09. The van der Waals surface area contributed by atoms with Gasteiger partial charge in [0, 0.05) is 16.9 Å². The number of hydrogen-bond donors (Lipinski definition) is 1. The van der Waals surface area contributed by atoms with Gasteiger partial charge in [0.1, 0.15) is 6.04 Å². The van der Waals surface area contributed by atoms with Gasteiger partial charge in [-0.2, -0.15) is 0 Å². The first-order chi connectivity index (χ1) is 9.94. The Balaban J connectivity index is 2.97. The van der Waals surface area contributed by atoms with Gasteiger partial charge in [-0.25, -0.2) is 4.79 Å². The molecule has 1 rings (SSSR count). The van der Waals surface area contributed by atoms with E-state index in [1.165, 1.54) is 0 Å². The minimum Gasteiger partial charge on any atom is -0.463 e. The topological polar surface area (TPSA) is 105 Å². The Morgan fingerprint density at radius 3 is 2.57 bits per heavy atom. The molecule has 0 radical (unpaired) electrons. The van der Waals surface area contributed by atoms with Crippen LogP contribution < -0.4 is 5.73 Å². The SMILES string of the molecule is CCOC(=O)C1=C[C@@H](OC(CC)CC)[C@H](N)[C@H]([N+](=O)[O-])C1. The maximum Gasteiger partial charge on any atom is 0.334 e. The van der Waals surface area contributed by atoms with Crippen molar-refractivity contribution in [1.29, 1.82) is 0 Å². The summed E-state index contributed by atoms with van der Waals surface area (Å²) in [4.78, 5) is 22.5. The van der Waals surface area contributed by atoms with Crippen molar-refractivity contribution in [2.75, 3.05) is 6.61 Å². The fourth-order valence-corrected chi connectivity index (χ4v) is 2.38. The summed E-state index contributed by atoms with van der Waals surface area (Å²) in [5.41, 5.74) is 6.23.